The second-order valence-corrected chi connectivity index (χ2v) is 10.7. The Morgan fingerprint density at radius 1 is 1.05 bits per heavy atom. The van der Waals surface area contributed by atoms with Gasteiger partial charge in [0.1, 0.15) is 11.3 Å². The molecule has 1 saturated heterocycles. The van der Waals surface area contributed by atoms with Crippen molar-refractivity contribution in [3.05, 3.63) is 101 Å². The number of aromatic nitrogens is 2. The number of benzene rings is 2. The predicted octanol–water partition coefficient (Wildman–Crippen LogP) is 7.02. The molecule has 1 aliphatic rings. The summed E-state index contributed by atoms with van der Waals surface area (Å²) in [5.41, 5.74) is 5.71. The summed E-state index contributed by atoms with van der Waals surface area (Å²) in [6.07, 6.45) is 5.18. The van der Waals surface area contributed by atoms with Crippen molar-refractivity contribution in [3.63, 3.8) is 0 Å². The lowest BCUT2D eigenvalue weighted by molar-refractivity contribution is 0.0185. The minimum Gasteiger partial charge on any atom is -0.371 e. The number of anilines is 1. The summed E-state index contributed by atoms with van der Waals surface area (Å²) in [5.74, 6) is -2.76. The molecule has 204 valence electrons. The smallest absolute Gasteiger partial charge is 0.274 e. The summed E-state index contributed by atoms with van der Waals surface area (Å²) < 4.78 is 29.9. The number of rotatable bonds is 8. The first kappa shape index (κ1) is 26.9. The molecule has 1 amide bonds. The van der Waals surface area contributed by atoms with Crippen LogP contribution in [0.5, 0.6) is 0 Å². The molecule has 5 rings (SSSR count). The number of alkyl halides is 2. The fourth-order valence-corrected chi connectivity index (χ4v) is 5.51. The minimum absolute atomic E-state index is 0.133. The van der Waals surface area contributed by atoms with Gasteiger partial charge in [0, 0.05) is 38.4 Å². The normalized spacial score (nSPS) is 14.6. The molecule has 39 heavy (non-hydrogen) atoms. The van der Waals surface area contributed by atoms with E-state index in [1.807, 2.05) is 19.1 Å². The molecule has 2 aromatic carbocycles. The van der Waals surface area contributed by atoms with Crippen LogP contribution in [0.3, 0.4) is 0 Å². The van der Waals surface area contributed by atoms with E-state index in [-0.39, 0.29) is 17.1 Å². The van der Waals surface area contributed by atoms with Gasteiger partial charge < -0.3 is 10.2 Å². The zero-order valence-electron chi connectivity index (χ0n) is 22.9. The Hall–Kier alpha value is -3.74. The standard InChI is InChI=1S/C32H36F2N4O/c1-4-6-28-29(38-18-5-7-27(30(38)36-28)32(3,33)34)31(39)35-21-23-10-14-26(15-11-23)37-19-16-25(17-20-37)24-12-8-22(2)9-13-24/h5,7-15,18,25H,4,6,16-17,19-21H2,1-3H3,(H,35,39). The number of hydrogen-bond acceptors (Lipinski definition) is 3. The number of halogens is 2. The van der Waals surface area contributed by atoms with E-state index in [1.54, 1.807) is 6.20 Å². The molecule has 1 N–H and O–H groups in total. The van der Waals surface area contributed by atoms with Crippen molar-refractivity contribution in [1.29, 1.82) is 0 Å². The molecular weight excluding hydrogens is 494 g/mol. The minimum atomic E-state index is -3.05. The molecule has 1 aliphatic heterocycles. The number of piperidine rings is 1. The number of amides is 1. The third-order valence-electron chi connectivity index (χ3n) is 7.70. The Morgan fingerprint density at radius 3 is 2.38 bits per heavy atom. The molecule has 0 spiro atoms. The maximum absolute atomic E-state index is 14.2. The van der Waals surface area contributed by atoms with Crippen molar-refractivity contribution in [1.82, 2.24) is 14.7 Å². The Bertz CT molecular complexity index is 1430. The SMILES string of the molecule is CCCc1nc2c(C(C)(F)F)cccn2c1C(=O)NCc1ccc(N2CCC(c3ccc(C)cc3)CC2)cc1. The number of imidazole rings is 1. The maximum Gasteiger partial charge on any atom is 0.274 e. The van der Waals surface area contributed by atoms with Gasteiger partial charge in [-0.3, -0.25) is 9.20 Å². The van der Waals surface area contributed by atoms with Gasteiger partial charge in [0.25, 0.3) is 11.8 Å². The molecule has 3 heterocycles. The zero-order chi connectivity index (χ0) is 27.6. The summed E-state index contributed by atoms with van der Waals surface area (Å²) in [5, 5.41) is 2.98. The second kappa shape index (κ2) is 11.2. The van der Waals surface area contributed by atoms with E-state index >= 15 is 0 Å². The first-order valence-electron chi connectivity index (χ1n) is 13.8. The van der Waals surface area contributed by atoms with E-state index in [0.29, 0.717) is 30.3 Å². The highest BCUT2D eigenvalue weighted by molar-refractivity contribution is 5.95. The highest BCUT2D eigenvalue weighted by atomic mass is 19.3. The van der Waals surface area contributed by atoms with Crippen LogP contribution in [0, 0.1) is 6.92 Å². The molecule has 0 radical (unpaired) electrons. The molecule has 0 bridgehead atoms. The van der Waals surface area contributed by atoms with Crippen LogP contribution in [-0.4, -0.2) is 28.4 Å². The number of nitrogens with zero attached hydrogens (tertiary/aromatic N) is 3. The Kier molecular flexibility index (Phi) is 7.69. The Labute approximate surface area is 228 Å². The van der Waals surface area contributed by atoms with Gasteiger partial charge in [-0.15, -0.1) is 0 Å². The largest absolute Gasteiger partial charge is 0.371 e. The van der Waals surface area contributed by atoms with E-state index in [0.717, 1.165) is 44.8 Å². The van der Waals surface area contributed by atoms with Crippen LogP contribution in [0.2, 0.25) is 0 Å². The molecule has 0 saturated carbocycles. The van der Waals surface area contributed by atoms with Gasteiger partial charge >= 0.3 is 0 Å². The summed E-state index contributed by atoms with van der Waals surface area (Å²) >= 11 is 0. The number of carbonyl (C=O) groups excluding carboxylic acids is 1. The van der Waals surface area contributed by atoms with Crippen molar-refractivity contribution < 1.29 is 13.6 Å². The van der Waals surface area contributed by atoms with Gasteiger partial charge in [0.05, 0.1) is 11.3 Å². The predicted molar refractivity (Wildman–Crippen MR) is 152 cm³/mol. The monoisotopic (exact) mass is 530 g/mol. The average Bonchev–Trinajstić information content (AvgIpc) is 3.30. The van der Waals surface area contributed by atoms with Crippen molar-refractivity contribution in [2.24, 2.45) is 0 Å². The van der Waals surface area contributed by atoms with Crippen molar-refractivity contribution in [2.75, 3.05) is 18.0 Å². The quantitative estimate of drug-likeness (QED) is 0.266. The molecule has 2 aromatic heterocycles. The first-order chi connectivity index (χ1) is 18.7. The fraction of sp³-hybridized carbons (Fsp3) is 0.375. The van der Waals surface area contributed by atoms with E-state index < -0.39 is 5.92 Å². The van der Waals surface area contributed by atoms with E-state index in [2.05, 4.69) is 58.5 Å². The van der Waals surface area contributed by atoms with Crippen molar-refractivity contribution in [3.8, 4) is 0 Å². The van der Waals surface area contributed by atoms with Crippen LogP contribution < -0.4 is 10.2 Å². The van der Waals surface area contributed by atoms with Crippen LogP contribution in [0.1, 0.15) is 77.5 Å². The van der Waals surface area contributed by atoms with E-state index in [9.17, 15) is 13.6 Å². The van der Waals surface area contributed by atoms with Crippen molar-refractivity contribution >= 4 is 17.2 Å². The van der Waals surface area contributed by atoms with Gasteiger partial charge in [-0.25, -0.2) is 13.8 Å². The fourth-order valence-electron chi connectivity index (χ4n) is 5.51. The topological polar surface area (TPSA) is 49.6 Å². The van der Waals surface area contributed by atoms with Crippen molar-refractivity contribution in [2.45, 2.75) is 64.8 Å². The summed E-state index contributed by atoms with van der Waals surface area (Å²) in [6.45, 7) is 7.33. The van der Waals surface area contributed by atoms with Gasteiger partial charge in [-0.1, -0.05) is 55.3 Å². The number of nitrogens with one attached hydrogen (secondary N) is 1. The average molecular weight is 531 g/mol. The number of aryl methyl sites for hydroxylation is 2. The third-order valence-corrected chi connectivity index (χ3v) is 7.70. The summed E-state index contributed by atoms with van der Waals surface area (Å²) in [6, 6.07) is 20.1. The number of hydrogen-bond donors (Lipinski definition) is 1. The molecule has 1 fully saturated rings. The molecule has 0 unspecified atom stereocenters. The van der Waals surface area contributed by atoms with Crippen LogP contribution in [0.4, 0.5) is 14.5 Å². The van der Waals surface area contributed by atoms with Crippen LogP contribution in [-0.2, 0) is 18.9 Å². The highest BCUT2D eigenvalue weighted by Gasteiger charge is 2.30. The molecule has 4 aromatic rings. The first-order valence-corrected chi connectivity index (χ1v) is 13.8. The molecular formula is C32H36F2N4O. The third kappa shape index (κ3) is 5.82. The zero-order valence-corrected chi connectivity index (χ0v) is 22.9. The van der Waals surface area contributed by atoms with Crippen LogP contribution in [0.15, 0.2) is 66.9 Å². The van der Waals surface area contributed by atoms with Crippen LogP contribution >= 0.6 is 0 Å². The lowest BCUT2D eigenvalue weighted by atomic mass is 9.89. The molecule has 0 aliphatic carbocycles. The Morgan fingerprint density at radius 2 is 1.74 bits per heavy atom. The van der Waals surface area contributed by atoms with E-state index in [4.69, 9.17) is 0 Å². The summed E-state index contributed by atoms with van der Waals surface area (Å²) in [7, 11) is 0. The second-order valence-electron chi connectivity index (χ2n) is 10.7. The number of carbonyl (C=O) groups is 1. The summed E-state index contributed by atoms with van der Waals surface area (Å²) in [4.78, 5) is 20.1. The number of pyridine rings is 1. The van der Waals surface area contributed by atoms with Gasteiger partial charge in [0.2, 0.25) is 0 Å². The lowest BCUT2D eigenvalue weighted by Gasteiger charge is -2.34. The van der Waals surface area contributed by atoms with Gasteiger partial charge in [-0.05, 0) is 67.5 Å². The molecule has 5 nitrogen and oxygen atoms in total. The lowest BCUT2D eigenvalue weighted by Crippen LogP contribution is -2.32. The highest BCUT2D eigenvalue weighted by Crippen LogP contribution is 2.32. The van der Waals surface area contributed by atoms with E-state index in [1.165, 1.54) is 33.3 Å². The van der Waals surface area contributed by atoms with Crippen LogP contribution in [0.25, 0.3) is 5.65 Å². The molecule has 0 atom stereocenters. The molecule has 7 heteroatoms. The Balaban J connectivity index is 1.24. The maximum atomic E-state index is 14.2. The number of fused-ring (bicyclic) bond motifs is 1. The van der Waals surface area contributed by atoms with Gasteiger partial charge in [-0.2, -0.15) is 0 Å². The van der Waals surface area contributed by atoms with Gasteiger partial charge in [0.15, 0.2) is 0 Å².